The van der Waals surface area contributed by atoms with E-state index in [1.165, 1.54) is 6.08 Å². The Morgan fingerprint density at radius 2 is 2.00 bits per heavy atom. The van der Waals surface area contributed by atoms with Gasteiger partial charge in [-0.05, 0) is 11.8 Å². The largest absolute Gasteiger partial charge is 0.389 e. The van der Waals surface area contributed by atoms with Crippen LogP contribution in [-0.4, -0.2) is 38.9 Å². The predicted molar refractivity (Wildman–Crippen MR) is 52.0 cm³/mol. The highest BCUT2D eigenvalue weighted by atomic mass is 79.9. The summed E-state index contributed by atoms with van der Waals surface area (Å²) < 4.78 is 0.401. The Balaban J connectivity index is 2.83. The second-order valence-corrected chi connectivity index (χ2v) is 4.53. The van der Waals surface area contributed by atoms with Gasteiger partial charge in [0, 0.05) is 4.48 Å². The van der Waals surface area contributed by atoms with Crippen LogP contribution in [0.2, 0.25) is 0 Å². The van der Waals surface area contributed by atoms with Gasteiger partial charge in [-0.15, -0.1) is 0 Å². The molecule has 0 heterocycles. The minimum absolute atomic E-state index is 0.401. The number of halogens is 1. The second-order valence-electron chi connectivity index (χ2n) is 2.65. The smallest absolute Gasteiger partial charge is 0.134 e. The van der Waals surface area contributed by atoms with Gasteiger partial charge in [0.25, 0.3) is 0 Å². The molecule has 0 radical (unpaired) electrons. The van der Waals surface area contributed by atoms with Gasteiger partial charge >= 0.3 is 0 Å². The summed E-state index contributed by atoms with van der Waals surface area (Å²) in [4.78, 5) is 0. The van der Waals surface area contributed by atoms with Crippen molar-refractivity contribution in [2.45, 2.75) is 23.6 Å². The molecule has 4 atom stereocenters. The molecule has 0 amide bonds. The summed E-state index contributed by atoms with van der Waals surface area (Å²) in [6.07, 6.45) is -1.94. The van der Waals surface area contributed by atoms with Crippen LogP contribution in [0.15, 0.2) is 10.6 Å². The Morgan fingerprint density at radius 1 is 1.38 bits per heavy atom. The van der Waals surface area contributed by atoms with E-state index in [4.69, 9.17) is 5.26 Å². The third-order valence-electron chi connectivity index (χ3n) is 1.80. The molecule has 0 aromatic heterocycles. The van der Waals surface area contributed by atoms with E-state index in [0.29, 0.717) is 4.48 Å². The number of thiocyanates is 1. The van der Waals surface area contributed by atoms with E-state index >= 15 is 0 Å². The summed E-state index contributed by atoms with van der Waals surface area (Å²) in [6.45, 7) is 0. The molecule has 0 unspecified atom stereocenters. The van der Waals surface area contributed by atoms with Gasteiger partial charge in [-0.25, -0.2) is 0 Å². The number of nitrogens with zero attached hydrogens (tertiary/aromatic N) is 1. The third-order valence-corrected chi connectivity index (χ3v) is 3.33. The molecule has 0 bridgehead atoms. The molecule has 0 saturated carbocycles. The standard InChI is InChI=1S/C7H8BrNO3S/c8-3-1-4(13-2-9)6(11)7(12)5(3)10/h1,4-7,10-12H/t4-,5+,6+,7+/m0/s1. The fourth-order valence-corrected chi connectivity index (χ4v) is 2.43. The number of rotatable bonds is 1. The highest BCUT2D eigenvalue weighted by molar-refractivity contribution is 9.11. The minimum atomic E-state index is -1.25. The summed E-state index contributed by atoms with van der Waals surface area (Å²) >= 11 is 3.90. The zero-order valence-corrected chi connectivity index (χ0v) is 8.86. The van der Waals surface area contributed by atoms with Gasteiger partial charge < -0.3 is 15.3 Å². The molecular formula is C7H8BrNO3S. The van der Waals surface area contributed by atoms with Crippen molar-refractivity contribution in [3.63, 3.8) is 0 Å². The van der Waals surface area contributed by atoms with Crippen molar-refractivity contribution in [1.29, 1.82) is 5.26 Å². The maximum Gasteiger partial charge on any atom is 0.134 e. The van der Waals surface area contributed by atoms with E-state index in [9.17, 15) is 15.3 Å². The van der Waals surface area contributed by atoms with Crippen LogP contribution < -0.4 is 0 Å². The Hall–Kier alpha value is -0.0600. The van der Waals surface area contributed by atoms with Crippen molar-refractivity contribution in [1.82, 2.24) is 0 Å². The summed E-state index contributed by atoms with van der Waals surface area (Å²) in [5.41, 5.74) is 0. The fraction of sp³-hybridized carbons (Fsp3) is 0.571. The Kier molecular flexibility index (Phi) is 3.76. The van der Waals surface area contributed by atoms with Crippen molar-refractivity contribution < 1.29 is 15.3 Å². The highest BCUT2D eigenvalue weighted by Gasteiger charge is 2.36. The van der Waals surface area contributed by atoms with Crippen LogP contribution in [0, 0.1) is 10.7 Å². The van der Waals surface area contributed by atoms with Crippen LogP contribution in [0.3, 0.4) is 0 Å². The SMILES string of the molecule is N#CS[C@H]1C=C(Br)[C@@H](O)[C@@H](O)[C@@H]1O. The first kappa shape index (κ1) is 11.0. The first-order valence-electron chi connectivity index (χ1n) is 3.54. The maximum atomic E-state index is 9.41. The zero-order chi connectivity index (χ0) is 10.0. The molecule has 0 fully saturated rings. The van der Waals surface area contributed by atoms with Crippen LogP contribution in [0.4, 0.5) is 0 Å². The molecule has 72 valence electrons. The van der Waals surface area contributed by atoms with Crippen LogP contribution >= 0.6 is 27.7 Å². The summed E-state index contributed by atoms with van der Waals surface area (Å²) in [5, 5.41) is 37.7. The molecule has 0 aliphatic heterocycles. The summed E-state index contributed by atoms with van der Waals surface area (Å²) in [5.74, 6) is 0. The quantitative estimate of drug-likeness (QED) is 0.579. The van der Waals surface area contributed by atoms with E-state index in [2.05, 4.69) is 15.9 Å². The average Bonchev–Trinajstić information content (AvgIpc) is 2.11. The summed E-state index contributed by atoms with van der Waals surface area (Å²) in [6, 6.07) is 0. The molecule has 0 aromatic carbocycles. The molecule has 1 aliphatic carbocycles. The van der Waals surface area contributed by atoms with Crippen molar-refractivity contribution in [2.75, 3.05) is 0 Å². The van der Waals surface area contributed by atoms with Crippen molar-refractivity contribution in [2.24, 2.45) is 0 Å². The second kappa shape index (κ2) is 4.44. The maximum absolute atomic E-state index is 9.41. The molecule has 13 heavy (non-hydrogen) atoms. The lowest BCUT2D eigenvalue weighted by molar-refractivity contribution is -0.0440. The lowest BCUT2D eigenvalue weighted by Crippen LogP contribution is -2.46. The average molecular weight is 266 g/mol. The predicted octanol–water partition coefficient (Wildman–Crippen LogP) is -0.0556. The topological polar surface area (TPSA) is 84.5 Å². The number of hydrogen-bond donors (Lipinski definition) is 3. The first-order valence-corrected chi connectivity index (χ1v) is 5.21. The fourth-order valence-electron chi connectivity index (χ4n) is 1.06. The number of aliphatic hydroxyl groups excluding tert-OH is 3. The number of aliphatic hydroxyl groups is 3. The van der Waals surface area contributed by atoms with Crippen molar-refractivity contribution in [3.8, 4) is 5.40 Å². The van der Waals surface area contributed by atoms with Gasteiger partial charge in [0.1, 0.15) is 17.6 Å². The zero-order valence-electron chi connectivity index (χ0n) is 6.46. The van der Waals surface area contributed by atoms with Crippen LogP contribution in [0.1, 0.15) is 0 Å². The van der Waals surface area contributed by atoms with Crippen LogP contribution in [0.25, 0.3) is 0 Å². The molecule has 0 saturated heterocycles. The van der Waals surface area contributed by atoms with Gasteiger partial charge in [0.15, 0.2) is 0 Å². The van der Waals surface area contributed by atoms with Gasteiger partial charge in [-0.3, -0.25) is 0 Å². The van der Waals surface area contributed by atoms with Crippen LogP contribution in [-0.2, 0) is 0 Å². The number of nitriles is 1. The molecule has 6 heteroatoms. The van der Waals surface area contributed by atoms with E-state index in [-0.39, 0.29) is 0 Å². The highest BCUT2D eigenvalue weighted by Crippen LogP contribution is 2.30. The monoisotopic (exact) mass is 265 g/mol. The first-order chi connectivity index (χ1) is 6.07. The van der Waals surface area contributed by atoms with Gasteiger partial charge in [0.2, 0.25) is 0 Å². The van der Waals surface area contributed by atoms with E-state index in [1.807, 2.05) is 5.40 Å². The normalized spacial score (nSPS) is 39.5. The van der Waals surface area contributed by atoms with Gasteiger partial charge in [0.05, 0.1) is 11.4 Å². The molecular weight excluding hydrogens is 258 g/mol. The minimum Gasteiger partial charge on any atom is -0.389 e. The molecule has 0 aromatic rings. The molecule has 1 rings (SSSR count). The van der Waals surface area contributed by atoms with Crippen molar-refractivity contribution >= 4 is 27.7 Å². The third kappa shape index (κ3) is 2.24. The van der Waals surface area contributed by atoms with E-state index in [1.54, 1.807) is 0 Å². The molecule has 1 aliphatic rings. The van der Waals surface area contributed by atoms with Crippen molar-refractivity contribution in [3.05, 3.63) is 10.6 Å². The number of hydrogen-bond acceptors (Lipinski definition) is 5. The summed E-state index contributed by atoms with van der Waals surface area (Å²) in [7, 11) is 0. The Bertz CT molecular complexity index is 265. The number of thioether (sulfide) groups is 1. The molecule has 3 N–H and O–H groups in total. The van der Waals surface area contributed by atoms with E-state index in [0.717, 1.165) is 11.8 Å². The Morgan fingerprint density at radius 3 is 2.54 bits per heavy atom. The van der Waals surface area contributed by atoms with Gasteiger partial charge in [-0.2, -0.15) is 5.26 Å². The van der Waals surface area contributed by atoms with Gasteiger partial charge in [-0.1, -0.05) is 22.0 Å². The van der Waals surface area contributed by atoms with E-state index < -0.39 is 23.6 Å². The van der Waals surface area contributed by atoms with Crippen LogP contribution in [0.5, 0.6) is 0 Å². The lowest BCUT2D eigenvalue weighted by Gasteiger charge is -2.31. The lowest BCUT2D eigenvalue weighted by atomic mass is 9.98. The Labute approximate surface area is 88.0 Å². The molecule has 0 spiro atoms. The molecule has 4 nitrogen and oxygen atoms in total.